The number of hydrogen-bond donors (Lipinski definition) is 0. The molecule has 0 fully saturated rings. The molecule has 300 valence electrons. The molecule has 1 aliphatic rings. The second kappa shape index (κ2) is 16.3. The van der Waals surface area contributed by atoms with Gasteiger partial charge in [-0.05, 0) is 100 Å². The van der Waals surface area contributed by atoms with Gasteiger partial charge in [0.15, 0.2) is 0 Å². The fourth-order valence-electron chi connectivity index (χ4n) is 7.78. The van der Waals surface area contributed by atoms with Crippen LogP contribution in [-0.2, 0) is 16.2 Å². The highest BCUT2D eigenvalue weighted by molar-refractivity contribution is 7.80. The number of rotatable bonds is 10. The largest absolute Gasteiger partial charge is 0.490 e. The molecule has 3 nitrogen and oxygen atoms in total. The molecule has 5 heteroatoms. The van der Waals surface area contributed by atoms with Crippen molar-refractivity contribution in [3.8, 4) is 23.0 Å². The summed E-state index contributed by atoms with van der Waals surface area (Å²) in [7, 11) is -2.25. The van der Waals surface area contributed by atoms with E-state index in [1.54, 1.807) is 0 Å². The first-order valence-corrected chi connectivity index (χ1v) is 23.4. The van der Waals surface area contributed by atoms with Crippen LogP contribution < -0.4 is 46.0 Å². The molecule has 0 saturated heterocycles. The molecule has 0 radical (unpaired) electrons. The molecule has 6 aromatic rings. The minimum absolute atomic E-state index is 0.0324. The molecular weight excluding hydrogens is 747 g/mol. The van der Waals surface area contributed by atoms with Crippen molar-refractivity contribution in [3.63, 3.8) is 0 Å². The van der Waals surface area contributed by atoms with Crippen LogP contribution in [0, 0.1) is 0 Å². The van der Waals surface area contributed by atoms with Gasteiger partial charge in [-0.2, -0.15) is 0 Å². The lowest BCUT2D eigenvalue weighted by molar-refractivity contribution is 0.244. The molecule has 0 aromatic heterocycles. The van der Waals surface area contributed by atoms with Gasteiger partial charge >= 0.3 is 0 Å². The van der Waals surface area contributed by atoms with Crippen LogP contribution in [0.5, 0.6) is 23.0 Å². The average molecular weight is 807 g/mol. The van der Waals surface area contributed by atoms with Crippen LogP contribution in [0.15, 0.2) is 133 Å². The Labute approximate surface area is 350 Å². The van der Waals surface area contributed by atoms with E-state index in [0.29, 0.717) is 0 Å². The second-order valence-electron chi connectivity index (χ2n) is 18.6. The van der Waals surface area contributed by atoms with Gasteiger partial charge in [-0.25, -0.2) is 0 Å². The van der Waals surface area contributed by atoms with E-state index in [0.717, 1.165) is 23.0 Å². The molecule has 58 heavy (non-hydrogen) atoms. The summed E-state index contributed by atoms with van der Waals surface area (Å²) in [6.07, 6.45) is 0.0648. The van der Waals surface area contributed by atoms with E-state index in [2.05, 4.69) is 217 Å². The Morgan fingerprint density at radius 3 is 1.16 bits per heavy atom. The molecule has 0 aliphatic carbocycles. The average Bonchev–Trinajstić information content (AvgIpc) is 3.16. The Bertz CT molecular complexity index is 2220. The van der Waals surface area contributed by atoms with Crippen LogP contribution in [0.25, 0.3) is 0 Å². The van der Waals surface area contributed by atoms with Gasteiger partial charge in [0.1, 0.15) is 23.0 Å². The molecule has 0 N–H and O–H groups in total. The lowest BCUT2D eigenvalue weighted by atomic mass is 9.72. The van der Waals surface area contributed by atoms with Crippen LogP contribution >= 0.6 is 15.8 Å². The third kappa shape index (κ3) is 8.37. The Balaban J connectivity index is 1.59. The van der Waals surface area contributed by atoms with E-state index in [4.69, 9.17) is 14.2 Å². The zero-order valence-corrected chi connectivity index (χ0v) is 38.3. The number of benzene rings is 6. The molecule has 2 atom stereocenters. The summed E-state index contributed by atoms with van der Waals surface area (Å²) in [5.41, 5.74) is 4.43. The second-order valence-corrected chi connectivity index (χ2v) is 22.9. The molecule has 0 saturated carbocycles. The highest BCUT2D eigenvalue weighted by Gasteiger charge is 2.42. The van der Waals surface area contributed by atoms with Gasteiger partial charge in [-0.15, -0.1) is 0 Å². The minimum atomic E-state index is -1.12. The van der Waals surface area contributed by atoms with E-state index in [-0.39, 0.29) is 23.0 Å². The van der Waals surface area contributed by atoms with E-state index in [9.17, 15) is 0 Å². The van der Waals surface area contributed by atoms with E-state index in [1.165, 1.54) is 54.1 Å². The lowest BCUT2D eigenvalue weighted by Crippen LogP contribution is -2.35. The third-order valence-corrected chi connectivity index (χ3v) is 15.8. The fraction of sp³-hybridized carbons (Fsp3) is 0.321. The molecular formula is C53H60O3P2. The van der Waals surface area contributed by atoms with Crippen LogP contribution in [0.2, 0.25) is 0 Å². The van der Waals surface area contributed by atoms with Crippen LogP contribution in [0.4, 0.5) is 0 Å². The standard InChI is InChI=1S/C53H60O3P2/c1-35(2)54-43-27-19-21-29-45(43)57(39-23-15-13-16-24-39)47-33-37(51(5,6)7)31-41-49(47)56-50-42(53(41,11)12)32-38(52(8,9)10)34-48(50)58(40-25-17-14-18-26-40)46-30-22-20-28-44(46)55-36(3)4/h13-36H,1-12H3. The Morgan fingerprint density at radius 1 is 0.466 bits per heavy atom. The maximum absolute atomic E-state index is 7.75. The smallest absolute Gasteiger partial charge is 0.139 e. The van der Waals surface area contributed by atoms with Gasteiger partial charge in [0.05, 0.1) is 12.2 Å². The van der Waals surface area contributed by atoms with Crippen molar-refractivity contribution in [2.75, 3.05) is 0 Å². The molecule has 2 unspecified atom stereocenters. The maximum atomic E-state index is 7.75. The summed E-state index contributed by atoms with van der Waals surface area (Å²) in [5.74, 6) is 3.75. The van der Waals surface area contributed by atoms with Crippen molar-refractivity contribution >= 4 is 47.7 Å². The Hall–Kier alpha value is -4.42. The maximum Gasteiger partial charge on any atom is 0.139 e. The van der Waals surface area contributed by atoms with Crippen molar-refractivity contribution in [2.45, 2.75) is 112 Å². The van der Waals surface area contributed by atoms with Crippen molar-refractivity contribution in [1.29, 1.82) is 0 Å². The zero-order chi connectivity index (χ0) is 41.6. The molecule has 0 spiro atoms. The minimum Gasteiger partial charge on any atom is -0.490 e. The Kier molecular flexibility index (Phi) is 11.7. The first-order chi connectivity index (χ1) is 27.4. The molecule has 1 heterocycles. The molecule has 1 aliphatic heterocycles. The van der Waals surface area contributed by atoms with Crippen molar-refractivity contribution in [2.24, 2.45) is 0 Å². The summed E-state index contributed by atoms with van der Waals surface area (Å²) in [5, 5.41) is 7.31. The summed E-state index contributed by atoms with van der Waals surface area (Å²) in [6, 6.07) is 49.0. The highest BCUT2D eigenvalue weighted by atomic mass is 31.1. The molecule has 0 bridgehead atoms. The lowest BCUT2D eigenvalue weighted by Gasteiger charge is -2.41. The number of para-hydroxylation sites is 2. The van der Waals surface area contributed by atoms with Crippen LogP contribution in [0.3, 0.4) is 0 Å². The fourth-order valence-corrected chi connectivity index (χ4v) is 12.8. The van der Waals surface area contributed by atoms with Crippen molar-refractivity contribution < 1.29 is 14.2 Å². The summed E-state index contributed by atoms with van der Waals surface area (Å²) < 4.78 is 21.0. The molecule has 7 rings (SSSR count). The summed E-state index contributed by atoms with van der Waals surface area (Å²) in [6.45, 7) is 27.2. The van der Waals surface area contributed by atoms with Gasteiger partial charge in [0.25, 0.3) is 0 Å². The Morgan fingerprint density at radius 2 is 0.810 bits per heavy atom. The zero-order valence-electron chi connectivity index (χ0n) is 36.5. The number of fused-ring (bicyclic) bond motifs is 2. The van der Waals surface area contributed by atoms with E-state index in [1.807, 2.05) is 0 Å². The molecule has 0 amide bonds. The third-order valence-electron chi connectivity index (χ3n) is 10.9. The molecule has 6 aromatic carbocycles. The monoisotopic (exact) mass is 806 g/mol. The van der Waals surface area contributed by atoms with Gasteiger partial charge in [0.2, 0.25) is 0 Å². The van der Waals surface area contributed by atoms with Gasteiger partial charge in [0, 0.05) is 37.8 Å². The first-order valence-electron chi connectivity index (χ1n) is 20.7. The SMILES string of the molecule is CC(C)Oc1ccccc1P(c1ccccc1)c1cc(C(C)(C)C)cc2c1Oc1c(P(c3ccccc3)c3ccccc3OC(C)C)cc(C(C)(C)C)cc1C2(C)C. The summed E-state index contributed by atoms with van der Waals surface area (Å²) in [4.78, 5) is 0. The van der Waals surface area contributed by atoms with Crippen molar-refractivity contribution in [3.05, 3.63) is 156 Å². The normalized spacial score (nSPS) is 14.7. The van der Waals surface area contributed by atoms with Gasteiger partial charge in [-0.1, -0.05) is 165 Å². The van der Waals surface area contributed by atoms with E-state index >= 15 is 0 Å². The predicted octanol–water partition coefficient (Wildman–Crippen LogP) is 11.8. The van der Waals surface area contributed by atoms with Gasteiger partial charge < -0.3 is 14.2 Å². The number of ether oxygens (including phenoxy) is 3. The topological polar surface area (TPSA) is 27.7 Å². The van der Waals surface area contributed by atoms with Crippen LogP contribution in [-0.4, -0.2) is 12.2 Å². The summed E-state index contributed by atoms with van der Waals surface area (Å²) >= 11 is 0. The van der Waals surface area contributed by atoms with Crippen LogP contribution in [0.1, 0.15) is 105 Å². The highest BCUT2D eigenvalue weighted by Crippen LogP contribution is 2.55. The van der Waals surface area contributed by atoms with Gasteiger partial charge in [-0.3, -0.25) is 0 Å². The predicted molar refractivity (Wildman–Crippen MR) is 251 cm³/mol. The van der Waals surface area contributed by atoms with Crippen molar-refractivity contribution in [1.82, 2.24) is 0 Å². The quantitative estimate of drug-likeness (QED) is 0.129. The van der Waals surface area contributed by atoms with E-state index < -0.39 is 21.3 Å². The number of hydrogen-bond acceptors (Lipinski definition) is 3. The first kappa shape index (κ1) is 41.7.